The highest BCUT2D eigenvalue weighted by Gasteiger charge is 2.50. The second kappa shape index (κ2) is 5.06. The van der Waals surface area contributed by atoms with Crippen LogP contribution in [0, 0.1) is 12.7 Å². The lowest BCUT2D eigenvalue weighted by atomic mass is 9.80. The summed E-state index contributed by atoms with van der Waals surface area (Å²) < 4.78 is 38.0. The molecule has 116 valence electrons. The van der Waals surface area contributed by atoms with Crippen molar-refractivity contribution in [1.82, 2.24) is 0 Å². The summed E-state index contributed by atoms with van der Waals surface area (Å²) in [7, 11) is -3.08. The number of sulfone groups is 1. The molecular weight excluding hydrogens is 291 g/mol. The van der Waals surface area contributed by atoms with E-state index in [1.165, 1.54) is 12.1 Å². The molecule has 2 bridgehead atoms. The quantitative estimate of drug-likeness (QED) is 0.913. The molecule has 2 aliphatic heterocycles. The zero-order chi connectivity index (χ0) is 15.3. The summed E-state index contributed by atoms with van der Waals surface area (Å²) >= 11 is 0. The molecule has 2 aliphatic rings. The topological polar surface area (TPSA) is 54.4 Å². The Morgan fingerprint density at radius 3 is 2.52 bits per heavy atom. The van der Waals surface area contributed by atoms with Crippen LogP contribution in [0.5, 0.6) is 0 Å². The summed E-state index contributed by atoms with van der Waals surface area (Å²) in [5, 5.41) is 10.0. The summed E-state index contributed by atoms with van der Waals surface area (Å²) in [4.78, 5) is 0. The van der Waals surface area contributed by atoms with Gasteiger partial charge in [-0.05, 0) is 55.9 Å². The van der Waals surface area contributed by atoms with E-state index in [-0.39, 0.29) is 18.7 Å². The van der Waals surface area contributed by atoms with E-state index in [0.29, 0.717) is 19.3 Å². The highest BCUT2D eigenvalue weighted by Crippen LogP contribution is 2.42. The Morgan fingerprint density at radius 1 is 1.29 bits per heavy atom. The lowest BCUT2D eigenvalue weighted by Gasteiger charge is -2.44. The van der Waals surface area contributed by atoms with Crippen LogP contribution in [-0.4, -0.2) is 29.6 Å². The number of aryl methyl sites for hydroxylation is 1. The van der Waals surface area contributed by atoms with Gasteiger partial charge in [-0.1, -0.05) is 12.5 Å². The normalized spacial score (nSPS) is 34.6. The maximum atomic E-state index is 13.4. The molecule has 0 amide bonds. The van der Waals surface area contributed by atoms with Gasteiger partial charge in [-0.15, -0.1) is 0 Å². The molecular formula is C16H21FO3S. The SMILES string of the molecule is Cc1ccc(F)cc1CC1(O)CC2CCCC(C1)S2(=O)=O. The van der Waals surface area contributed by atoms with Crippen LogP contribution in [0.4, 0.5) is 4.39 Å². The maximum Gasteiger partial charge on any atom is 0.156 e. The monoisotopic (exact) mass is 312 g/mol. The molecule has 1 aromatic rings. The fraction of sp³-hybridized carbons (Fsp3) is 0.625. The van der Waals surface area contributed by atoms with Crippen LogP contribution >= 0.6 is 0 Å². The van der Waals surface area contributed by atoms with Crippen molar-refractivity contribution in [2.24, 2.45) is 0 Å². The van der Waals surface area contributed by atoms with Gasteiger partial charge < -0.3 is 5.11 Å². The van der Waals surface area contributed by atoms with E-state index < -0.39 is 25.9 Å². The first-order chi connectivity index (χ1) is 9.80. The highest BCUT2D eigenvalue weighted by molar-refractivity contribution is 7.92. The molecule has 0 spiro atoms. The molecule has 3 nitrogen and oxygen atoms in total. The van der Waals surface area contributed by atoms with Gasteiger partial charge in [0.15, 0.2) is 9.84 Å². The van der Waals surface area contributed by atoms with E-state index in [9.17, 15) is 17.9 Å². The number of aliphatic hydroxyl groups is 1. The van der Waals surface area contributed by atoms with Crippen LogP contribution in [0.15, 0.2) is 18.2 Å². The van der Waals surface area contributed by atoms with Gasteiger partial charge in [0.1, 0.15) is 5.82 Å². The van der Waals surface area contributed by atoms with Crippen LogP contribution < -0.4 is 0 Å². The highest BCUT2D eigenvalue weighted by atomic mass is 32.2. The molecule has 1 N–H and O–H groups in total. The number of hydrogen-bond acceptors (Lipinski definition) is 3. The summed E-state index contributed by atoms with van der Waals surface area (Å²) in [6.45, 7) is 1.89. The zero-order valence-electron chi connectivity index (χ0n) is 12.2. The lowest BCUT2D eigenvalue weighted by molar-refractivity contribution is 0.00972. The average Bonchev–Trinajstić information content (AvgIpc) is 2.36. The second-order valence-electron chi connectivity index (χ2n) is 6.64. The average molecular weight is 312 g/mol. The summed E-state index contributed by atoms with van der Waals surface area (Å²) in [6.07, 6.45) is 3.10. The number of benzene rings is 1. The Balaban J connectivity index is 1.87. The first-order valence-corrected chi connectivity index (χ1v) is 9.11. The zero-order valence-corrected chi connectivity index (χ0v) is 13.0. The fourth-order valence-corrected chi connectivity index (χ4v) is 6.49. The Labute approximate surface area is 125 Å². The van der Waals surface area contributed by atoms with E-state index in [2.05, 4.69) is 0 Å². The van der Waals surface area contributed by atoms with Crippen molar-refractivity contribution in [3.8, 4) is 0 Å². The minimum absolute atomic E-state index is 0.280. The summed E-state index contributed by atoms with van der Waals surface area (Å²) in [5.74, 6) is -0.317. The van der Waals surface area contributed by atoms with Crippen molar-refractivity contribution in [2.75, 3.05) is 0 Å². The van der Waals surface area contributed by atoms with E-state index in [4.69, 9.17) is 0 Å². The molecule has 0 radical (unpaired) electrons. The lowest BCUT2D eigenvalue weighted by Crippen LogP contribution is -2.52. The molecule has 2 fully saturated rings. The van der Waals surface area contributed by atoms with Gasteiger partial charge in [-0.3, -0.25) is 0 Å². The van der Waals surface area contributed by atoms with Gasteiger partial charge in [-0.25, -0.2) is 12.8 Å². The van der Waals surface area contributed by atoms with E-state index in [0.717, 1.165) is 17.5 Å². The van der Waals surface area contributed by atoms with Gasteiger partial charge in [0.25, 0.3) is 0 Å². The molecule has 3 rings (SSSR count). The molecule has 0 saturated carbocycles. The maximum absolute atomic E-state index is 13.4. The molecule has 0 aliphatic carbocycles. The van der Waals surface area contributed by atoms with Crippen molar-refractivity contribution in [2.45, 2.75) is 61.5 Å². The van der Waals surface area contributed by atoms with Gasteiger partial charge in [0.05, 0.1) is 16.1 Å². The molecule has 2 atom stereocenters. The van der Waals surface area contributed by atoms with Crippen molar-refractivity contribution in [3.63, 3.8) is 0 Å². The molecule has 2 unspecified atom stereocenters. The minimum Gasteiger partial charge on any atom is -0.389 e. The largest absolute Gasteiger partial charge is 0.389 e. The standard InChI is InChI=1S/C16H21FO3S/c1-11-5-6-13(17)7-12(11)8-16(18)9-14-3-2-4-15(10-16)21(14,19)20/h5-7,14-15,18H,2-4,8-10H2,1H3. The van der Waals surface area contributed by atoms with Crippen LogP contribution in [0.2, 0.25) is 0 Å². The summed E-state index contributed by atoms with van der Waals surface area (Å²) in [5.41, 5.74) is 0.679. The van der Waals surface area contributed by atoms with E-state index in [1.807, 2.05) is 6.92 Å². The van der Waals surface area contributed by atoms with Crippen LogP contribution in [0.3, 0.4) is 0 Å². The molecule has 2 heterocycles. The number of hydrogen-bond donors (Lipinski definition) is 1. The first kappa shape index (κ1) is 15.0. The smallest absolute Gasteiger partial charge is 0.156 e. The van der Waals surface area contributed by atoms with Crippen molar-refractivity contribution in [1.29, 1.82) is 0 Å². The van der Waals surface area contributed by atoms with Crippen molar-refractivity contribution < 1.29 is 17.9 Å². The van der Waals surface area contributed by atoms with Gasteiger partial charge in [-0.2, -0.15) is 0 Å². The number of fused-ring (bicyclic) bond motifs is 2. The van der Waals surface area contributed by atoms with Crippen molar-refractivity contribution in [3.05, 3.63) is 35.1 Å². The third kappa shape index (κ3) is 2.73. The predicted octanol–water partition coefficient (Wildman–Crippen LogP) is 2.54. The third-order valence-corrected chi connectivity index (χ3v) is 7.69. The van der Waals surface area contributed by atoms with Gasteiger partial charge >= 0.3 is 0 Å². The molecule has 0 aromatic heterocycles. The first-order valence-electron chi connectivity index (χ1n) is 7.50. The molecule has 21 heavy (non-hydrogen) atoms. The van der Waals surface area contributed by atoms with Crippen LogP contribution in [0.1, 0.15) is 43.2 Å². The second-order valence-corrected chi connectivity index (χ2v) is 9.16. The van der Waals surface area contributed by atoms with E-state index >= 15 is 0 Å². The molecule has 5 heteroatoms. The molecule has 1 aromatic carbocycles. The number of halogens is 1. The van der Waals surface area contributed by atoms with Crippen LogP contribution in [-0.2, 0) is 16.3 Å². The minimum atomic E-state index is -3.08. The predicted molar refractivity (Wildman–Crippen MR) is 79.4 cm³/mol. The van der Waals surface area contributed by atoms with E-state index in [1.54, 1.807) is 6.07 Å². The fourth-order valence-electron chi connectivity index (χ4n) is 3.87. The Morgan fingerprint density at radius 2 is 1.90 bits per heavy atom. The molecule has 2 saturated heterocycles. The van der Waals surface area contributed by atoms with Gasteiger partial charge in [0.2, 0.25) is 0 Å². The van der Waals surface area contributed by atoms with Gasteiger partial charge in [0, 0.05) is 6.42 Å². The van der Waals surface area contributed by atoms with Crippen molar-refractivity contribution >= 4 is 9.84 Å². The Kier molecular flexibility index (Phi) is 3.61. The number of rotatable bonds is 2. The van der Waals surface area contributed by atoms with Crippen LogP contribution in [0.25, 0.3) is 0 Å². The Bertz CT molecular complexity index is 633. The Hall–Kier alpha value is -0.940. The summed E-state index contributed by atoms with van der Waals surface area (Å²) in [6, 6.07) is 4.56. The third-order valence-electron chi connectivity index (χ3n) is 5.03.